The number of esters is 1. The van der Waals surface area contributed by atoms with E-state index in [2.05, 4.69) is 9.98 Å². The summed E-state index contributed by atoms with van der Waals surface area (Å²) < 4.78 is 46.1. The topological polar surface area (TPSA) is 117 Å². The first-order chi connectivity index (χ1) is 18.3. The summed E-state index contributed by atoms with van der Waals surface area (Å²) in [5.41, 5.74) is 0.625. The third kappa shape index (κ3) is 5.95. The molecule has 0 amide bonds. The van der Waals surface area contributed by atoms with Gasteiger partial charge in [-0.25, -0.2) is 9.37 Å². The number of hydrogen-bond acceptors (Lipinski definition) is 10. The summed E-state index contributed by atoms with van der Waals surface area (Å²) in [6.07, 6.45) is 0.724. The summed E-state index contributed by atoms with van der Waals surface area (Å²) in [7, 11) is 1.83. The lowest BCUT2D eigenvalue weighted by Crippen LogP contribution is -2.24. The number of thioether (sulfide) groups is 1. The molecule has 0 saturated heterocycles. The van der Waals surface area contributed by atoms with E-state index in [4.69, 9.17) is 19.5 Å². The van der Waals surface area contributed by atoms with Crippen molar-refractivity contribution in [1.82, 2.24) is 9.88 Å². The third-order valence-electron chi connectivity index (χ3n) is 5.32. The van der Waals surface area contributed by atoms with Crippen molar-refractivity contribution in [2.24, 2.45) is 4.99 Å². The molecule has 2 aromatic carbocycles. The van der Waals surface area contributed by atoms with Crippen molar-refractivity contribution in [3.05, 3.63) is 65.4 Å². The first-order valence-corrected chi connectivity index (χ1v) is 12.4. The highest BCUT2D eigenvalue weighted by Crippen LogP contribution is 2.38. The molecule has 1 aliphatic rings. The number of aromatic hydroxyl groups is 1. The predicted molar refractivity (Wildman–Crippen MR) is 135 cm³/mol. The summed E-state index contributed by atoms with van der Waals surface area (Å²) in [4.78, 5) is 22.5. The van der Waals surface area contributed by atoms with Crippen LogP contribution in [0.1, 0.15) is 18.1 Å². The van der Waals surface area contributed by atoms with Crippen molar-refractivity contribution in [2.45, 2.75) is 11.8 Å². The maximum absolute atomic E-state index is 15.4. The molecule has 0 spiro atoms. The van der Waals surface area contributed by atoms with Crippen LogP contribution in [0.5, 0.6) is 28.9 Å². The molecule has 0 bridgehead atoms. The van der Waals surface area contributed by atoms with E-state index in [9.17, 15) is 14.3 Å². The van der Waals surface area contributed by atoms with Crippen molar-refractivity contribution in [3.63, 3.8) is 0 Å². The summed E-state index contributed by atoms with van der Waals surface area (Å²) >= 11 is 1.24. The Kier molecular flexibility index (Phi) is 8.28. The first kappa shape index (κ1) is 26.7. The Morgan fingerprint density at radius 2 is 2.03 bits per heavy atom. The molecule has 1 N–H and O–H groups in total. The van der Waals surface area contributed by atoms with Crippen molar-refractivity contribution < 1.29 is 32.9 Å². The number of likely N-dealkylation sites (N-methyl/N-ethyl adjacent to an activating group) is 1. The van der Waals surface area contributed by atoms with Gasteiger partial charge in [0.25, 0.3) is 5.88 Å². The standard InChI is InChI=1S/C26H22F2N4O5S/c1-3-35-22(34)14-38-16-5-7-20(17(11-16)25-30-8-9-32(25)2)36-24-18(27)13-31-26(23(24)28)37-21-10-15(12-29)4-6-19(21)33/h4-7,10-11,13,33H,3,8-9,14H2,1-2H3. The summed E-state index contributed by atoms with van der Waals surface area (Å²) in [5.74, 6) is -3.98. The molecule has 3 aromatic rings. The molecular formula is C26H22F2N4O5S. The molecular weight excluding hydrogens is 518 g/mol. The monoisotopic (exact) mass is 540 g/mol. The first-order valence-electron chi connectivity index (χ1n) is 11.4. The van der Waals surface area contributed by atoms with E-state index in [-0.39, 0.29) is 41.1 Å². The number of rotatable bonds is 9. The number of aliphatic imine (C=N–C) groups is 1. The van der Waals surface area contributed by atoms with Crippen molar-refractivity contribution in [2.75, 3.05) is 32.5 Å². The van der Waals surface area contributed by atoms with Gasteiger partial charge in [-0.3, -0.25) is 9.79 Å². The SMILES string of the molecule is CCOC(=O)CSc1ccc(Oc2c(F)cnc(Oc3cc(C#N)ccc3O)c2F)c(C2=NCCN2C)c1. The second-order valence-electron chi connectivity index (χ2n) is 7.93. The number of nitrogens with zero attached hydrogens (tertiary/aromatic N) is 4. The number of hydrogen-bond donors (Lipinski definition) is 1. The Morgan fingerprint density at radius 1 is 1.21 bits per heavy atom. The number of carbonyl (C=O) groups excluding carboxylic acids is 1. The molecule has 196 valence electrons. The minimum absolute atomic E-state index is 0.0873. The molecule has 1 aromatic heterocycles. The van der Waals surface area contributed by atoms with Gasteiger partial charge < -0.3 is 24.2 Å². The molecule has 2 heterocycles. The molecule has 38 heavy (non-hydrogen) atoms. The number of nitriles is 1. The van der Waals surface area contributed by atoms with Crippen molar-refractivity contribution >= 4 is 23.6 Å². The molecule has 9 nitrogen and oxygen atoms in total. The summed E-state index contributed by atoms with van der Waals surface area (Å²) in [6, 6.07) is 10.5. The number of phenolic OH excluding ortho intramolecular Hbond substituents is 1. The fourth-order valence-corrected chi connectivity index (χ4v) is 4.24. The zero-order chi connectivity index (χ0) is 27.2. The van der Waals surface area contributed by atoms with E-state index >= 15 is 4.39 Å². The van der Waals surface area contributed by atoms with E-state index in [0.717, 1.165) is 6.20 Å². The molecule has 0 fully saturated rings. The van der Waals surface area contributed by atoms with Gasteiger partial charge in [0, 0.05) is 24.6 Å². The highest BCUT2D eigenvalue weighted by molar-refractivity contribution is 8.00. The van der Waals surface area contributed by atoms with E-state index in [1.165, 1.54) is 36.0 Å². The van der Waals surface area contributed by atoms with Crippen molar-refractivity contribution in [1.29, 1.82) is 5.26 Å². The average Bonchev–Trinajstić information content (AvgIpc) is 3.34. The normalized spacial score (nSPS) is 12.6. The lowest BCUT2D eigenvalue weighted by Gasteiger charge is -2.19. The maximum Gasteiger partial charge on any atom is 0.316 e. The summed E-state index contributed by atoms with van der Waals surface area (Å²) in [5, 5.41) is 19.1. The Balaban J connectivity index is 1.67. The van der Waals surface area contributed by atoms with Crippen LogP contribution in [0.2, 0.25) is 0 Å². The number of aromatic nitrogens is 1. The molecule has 4 rings (SSSR count). The molecule has 1 aliphatic heterocycles. The van der Waals surface area contributed by atoms with E-state index in [0.29, 0.717) is 29.4 Å². The molecule has 0 saturated carbocycles. The Bertz CT molecular complexity index is 1440. The zero-order valence-corrected chi connectivity index (χ0v) is 21.2. The average molecular weight is 541 g/mol. The van der Waals surface area contributed by atoms with Crippen LogP contribution in [-0.4, -0.2) is 59.3 Å². The quantitative estimate of drug-likeness (QED) is 0.300. The lowest BCUT2D eigenvalue weighted by molar-refractivity contribution is -0.139. The molecule has 12 heteroatoms. The van der Waals surface area contributed by atoms with Gasteiger partial charge in [-0.1, -0.05) is 0 Å². The number of carbonyl (C=O) groups is 1. The number of phenols is 1. The second kappa shape index (κ2) is 11.8. The minimum atomic E-state index is -1.25. The summed E-state index contributed by atoms with van der Waals surface area (Å²) in [6.45, 7) is 3.18. The Hall–Kier alpha value is -4.37. The van der Waals surface area contributed by atoms with Gasteiger partial charge in [0.05, 0.1) is 42.3 Å². The van der Waals surface area contributed by atoms with Gasteiger partial charge >= 0.3 is 5.97 Å². The van der Waals surface area contributed by atoms with Crippen LogP contribution in [0.3, 0.4) is 0 Å². The van der Waals surface area contributed by atoms with Crippen LogP contribution in [0, 0.1) is 23.0 Å². The molecule has 0 atom stereocenters. The lowest BCUT2D eigenvalue weighted by atomic mass is 10.1. The number of pyridine rings is 1. The van der Waals surface area contributed by atoms with E-state index in [1.807, 2.05) is 18.0 Å². The highest BCUT2D eigenvalue weighted by atomic mass is 32.2. The number of halogens is 2. The van der Waals surface area contributed by atoms with Gasteiger partial charge in [0.2, 0.25) is 11.6 Å². The van der Waals surface area contributed by atoms with Gasteiger partial charge in [-0.15, -0.1) is 11.8 Å². The molecule has 0 aliphatic carbocycles. The van der Waals surface area contributed by atoms with Crippen molar-refractivity contribution in [3.8, 4) is 34.9 Å². The Labute approximate surface area is 221 Å². The van der Waals surface area contributed by atoms with Gasteiger partial charge in [0.15, 0.2) is 17.3 Å². The number of amidine groups is 1. The zero-order valence-electron chi connectivity index (χ0n) is 20.4. The minimum Gasteiger partial charge on any atom is -0.504 e. The fourth-order valence-electron chi connectivity index (χ4n) is 3.51. The van der Waals surface area contributed by atoms with Crippen LogP contribution in [-0.2, 0) is 9.53 Å². The van der Waals surface area contributed by atoms with Crippen LogP contribution < -0.4 is 9.47 Å². The van der Waals surface area contributed by atoms with Crippen LogP contribution in [0.25, 0.3) is 0 Å². The second-order valence-corrected chi connectivity index (χ2v) is 8.98. The smallest absolute Gasteiger partial charge is 0.316 e. The highest BCUT2D eigenvalue weighted by Gasteiger charge is 2.25. The molecule has 0 unspecified atom stereocenters. The Morgan fingerprint density at radius 3 is 2.74 bits per heavy atom. The van der Waals surface area contributed by atoms with Crippen LogP contribution >= 0.6 is 11.8 Å². The fraction of sp³-hybridized carbons (Fsp3) is 0.231. The molecule has 0 radical (unpaired) electrons. The van der Waals surface area contributed by atoms with Crippen LogP contribution in [0.15, 0.2) is 52.5 Å². The largest absolute Gasteiger partial charge is 0.504 e. The maximum atomic E-state index is 15.4. The number of benzene rings is 2. The van der Waals surface area contributed by atoms with Gasteiger partial charge in [-0.2, -0.15) is 9.65 Å². The van der Waals surface area contributed by atoms with E-state index < -0.39 is 23.3 Å². The van der Waals surface area contributed by atoms with Gasteiger partial charge in [0.1, 0.15) is 11.6 Å². The number of ether oxygens (including phenoxy) is 3. The van der Waals surface area contributed by atoms with Crippen LogP contribution in [0.4, 0.5) is 8.78 Å². The third-order valence-corrected chi connectivity index (χ3v) is 6.29. The van der Waals surface area contributed by atoms with Gasteiger partial charge in [-0.05, 0) is 37.3 Å². The predicted octanol–water partition coefficient (Wildman–Crippen LogP) is 4.87. The van der Waals surface area contributed by atoms with E-state index in [1.54, 1.807) is 19.1 Å².